The van der Waals surface area contributed by atoms with Gasteiger partial charge in [0.15, 0.2) is 5.82 Å². The summed E-state index contributed by atoms with van der Waals surface area (Å²) in [6, 6.07) is 2.11. The Morgan fingerprint density at radius 1 is 1.19 bits per heavy atom. The second-order valence-electron chi connectivity index (χ2n) is 7.23. The van der Waals surface area contributed by atoms with Gasteiger partial charge in [-0.3, -0.25) is 9.69 Å². The number of nitrogens with zero attached hydrogens (tertiary/aromatic N) is 3. The zero-order chi connectivity index (χ0) is 18.4. The average Bonchev–Trinajstić information content (AvgIpc) is 3.06. The van der Waals surface area contributed by atoms with Crippen LogP contribution in [0, 0.1) is 6.92 Å². The number of aryl methyl sites for hydroxylation is 1. The van der Waals surface area contributed by atoms with Gasteiger partial charge in [-0.05, 0) is 19.8 Å². The molecule has 0 spiro atoms. The Hall–Kier alpha value is -2.09. The van der Waals surface area contributed by atoms with E-state index in [2.05, 4.69) is 20.7 Å². The number of rotatable bonds is 5. The Balaban J connectivity index is 1.33. The van der Waals surface area contributed by atoms with E-state index >= 15 is 0 Å². The largest absolute Gasteiger partial charge is 0.360 e. The van der Waals surface area contributed by atoms with Crippen molar-refractivity contribution >= 4 is 17.8 Å². The molecule has 0 radical (unpaired) electrons. The number of nitrogens with one attached hydrogen (secondary N) is 2. The van der Waals surface area contributed by atoms with Crippen LogP contribution in [0.25, 0.3) is 0 Å². The number of urea groups is 1. The van der Waals surface area contributed by atoms with E-state index in [4.69, 9.17) is 4.52 Å². The van der Waals surface area contributed by atoms with Gasteiger partial charge >= 0.3 is 6.03 Å². The lowest BCUT2D eigenvalue weighted by Crippen LogP contribution is -2.53. The fourth-order valence-electron chi connectivity index (χ4n) is 3.58. The maximum absolute atomic E-state index is 12.4. The smallest absolute Gasteiger partial charge is 0.317 e. The van der Waals surface area contributed by atoms with Crippen molar-refractivity contribution in [1.82, 2.24) is 20.3 Å². The molecule has 3 rings (SSSR count). The van der Waals surface area contributed by atoms with Crippen LogP contribution in [0.3, 0.4) is 0 Å². The lowest BCUT2D eigenvalue weighted by Gasteiger charge is -2.35. The average molecular weight is 363 g/mol. The van der Waals surface area contributed by atoms with Gasteiger partial charge in [0.2, 0.25) is 5.91 Å². The lowest BCUT2D eigenvalue weighted by atomic mass is 9.96. The van der Waals surface area contributed by atoms with Gasteiger partial charge in [0.1, 0.15) is 5.76 Å². The first-order valence-corrected chi connectivity index (χ1v) is 9.61. The Kier molecular flexibility index (Phi) is 6.49. The minimum Gasteiger partial charge on any atom is -0.360 e. The van der Waals surface area contributed by atoms with Gasteiger partial charge in [0.05, 0.1) is 0 Å². The van der Waals surface area contributed by atoms with E-state index in [1.807, 2.05) is 4.90 Å². The van der Waals surface area contributed by atoms with E-state index in [0.717, 1.165) is 25.9 Å². The number of amides is 3. The molecule has 1 saturated heterocycles. The normalized spacial score (nSPS) is 19.3. The van der Waals surface area contributed by atoms with Gasteiger partial charge in [0, 0.05) is 51.3 Å². The molecule has 8 nitrogen and oxygen atoms in total. The fourth-order valence-corrected chi connectivity index (χ4v) is 3.58. The highest BCUT2D eigenvalue weighted by Crippen LogP contribution is 2.17. The molecular formula is C18H29N5O3. The SMILES string of the molecule is Cc1cc(NC(=O)CCN2CCN(C(=O)NC3CCCCC3)CC2)no1. The van der Waals surface area contributed by atoms with Crippen LogP contribution in [0.4, 0.5) is 10.6 Å². The van der Waals surface area contributed by atoms with Crippen molar-refractivity contribution < 1.29 is 14.1 Å². The Morgan fingerprint density at radius 3 is 2.58 bits per heavy atom. The molecule has 2 fully saturated rings. The number of piperazine rings is 1. The maximum Gasteiger partial charge on any atom is 0.317 e. The molecule has 8 heteroatoms. The van der Waals surface area contributed by atoms with Gasteiger partial charge in [-0.1, -0.05) is 24.4 Å². The highest BCUT2D eigenvalue weighted by atomic mass is 16.5. The molecule has 2 N–H and O–H groups in total. The molecule has 0 aromatic carbocycles. The summed E-state index contributed by atoms with van der Waals surface area (Å²) in [6.07, 6.45) is 6.33. The van der Waals surface area contributed by atoms with Crippen molar-refractivity contribution in [3.63, 3.8) is 0 Å². The monoisotopic (exact) mass is 363 g/mol. The number of carbonyl (C=O) groups excluding carboxylic acids is 2. The third kappa shape index (κ3) is 5.45. The number of hydrogen-bond acceptors (Lipinski definition) is 5. The molecule has 1 aliphatic heterocycles. The first-order chi connectivity index (χ1) is 12.6. The molecule has 144 valence electrons. The third-order valence-electron chi connectivity index (χ3n) is 5.14. The molecule has 3 amide bonds. The molecule has 0 unspecified atom stereocenters. The van der Waals surface area contributed by atoms with Crippen LogP contribution in [-0.2, 0) is 4.79 Å². The van der Waals surface area contributed by atoms with E-state index < -0.39 is 0 Å². The highest BCUT2D eigenvalue weighted by Gasteiger charge is 2.24. The maximum atomic E-state index is 12.4. The van der Waals surface area contributed by atoms with E-state index in [1.165, 1.54) is 19.3 Å². The minimum absolute atomic E-state index is 0.0655. The van der Waals surface area contributed by atoms with E-state index in [1.54, 1.807) is 13.0 Å². The van der Waals surface area contributed by atoms with Crippen LogP contribution in [0.5, 0.6) is 0 Å². The Bertz CT molecular complexity index is 604. The fraction of sp³-hybridized carbons (Fsp3) is 0.722. The quantitative estimate of drug-likeness (QED) is 0.835. The van der Waals surface area contributed by atoms with Crippen molar-refractivity contribution in [2.75, 3.05) is 38.0 Å². The third-order valence-corrected chi connectivity index (χ3v) is 5.14. The lowest BCUT2D eigenvalue weighted by molar-refractivity contribution is -0.116. The van der Waals surface area contributed by atoms with Gasteiger partial charge in [0.25, 0.3) is 0 Å². The molecular weight excluding hydrogens is 334 g/mol. The zero-order valence-electron chi connectivity index (χ0n) is 15.5. The molecule has 1 aromatic rings. The van der Waals surface area contributed by atoms with E-state index in [-0.39, 0.29) is 11.9 Å². The van der Waals surface area contributed by atoms with Gasteiger partial charge in [-0.2, -0.15) is 0 Å². The summed E-state index contributed by atoms with van der Waals surface area (Å²) < 4.78 is 4.93. The van der Waals surface area contributed by atoms with Gasteiger partial charge < -0.3 is 20.1 Å². The van der Waals surface area contributed by atoms with Crippen LogP contribution in [0.2, 0.25) is 0 Å². The van der Waals surface area contributed by atoms with Crippen molar-refractivity contribution in [3.05, 3.63) is 11.8 Å². The predicted molar refractivity (Wildman–Crippen MR) is 97.9 cm³/mol. The summed E-state index contributed by atoms with van der Waals surface area (Å²) in [4.78, 5) is 28.4. The van der Waals surface area contributed by atoms with Gasteiger partial charge in [-0.15, -0.1) is 0 Å². The van der Waals surface area contributed by atoms with Crippen LogP contribution in [-0.4, -0.2) is 65.7 Å². The standard InChI is InChI=1S/C18H29N5O3/c1-14-13-16(21-26-14)20-17(24)7-8-22-9-11-23(12-10-22)18(25)19-15-5-3-2-4-6-15/h13,15H,2-12H2,1H3,(H,19,25)(H,20,21,24). The summed E-state index contributed by atoms with van der Waals surface area (Å²) in [5, 5.41) is 9.66. The van der Waals surface area contributed by atoms with Crippen LogP contribution in [0.15, 0.2) is 10.6 Å². The molecule has 26 heavy (non-hydrogen) atoms. The van der Waals surface area contributed by atoms with Crippen molar-refractivity contribution in [1.29, 1.82) is 0 Å². The molecule has 1 aromatic heterocycles. The Labute approximate surface area is 154 Å². The molecule has 2 aliphatic rings. The second kappa shape index (κ2) is 9.02. The number of anilines is 1. The number of aromatic nitrogens is 1. The number of hydrogen-bond donors (Lipinski definition) is 2. The number of carbonyl (C=O) groups is 2. The first kappa shape index (κ1) is 18.7. The van der Waals surface area contributed by atoms with Crippen molar-refractivity contribution in [3.8, 4) is 0 Å². The minimum atomic E-state index is -0.0734. The first-order valence-electron chi connectivity index (χ1n) is 9.61. The van der Waals surface area contributed by atoms with Gasteiger partial charge in [-0.25, -0.2) is 4.79 Å². The molecule has 2 heterocycles. The zero-order valence-corrected chi connectivity index (χ0v) is 15.5. The summed E-state index contributed by atoms with van der Waals surface area (Å²) in [5.41, 5.74) is 0. The predicted octanol–water partition coefficient (Wildman–Crippen LogP) is 1.97. The van der Waals surface area contributed by atoms with Crippen LogP contribution < -0.4 is 10.6 Å². The van der Waals surface area contributed by atoms with Crippen molar-refractivity contribution in [2.45, 2.75) is 51.5 Å². The van der Waals surface area contributed by atoms with Crippen LogP contribution >= 0.6 is 0 Å². The summed E-state index contributed by atoms with van der Waals surface area (Å²) in [5.74, 6) is 1.05. The van der Waals surface area contributed by atoms with E-state index in [0.29, 0.717) is 43.7 Å². The van der Waals surface area contributed by atoms with Crippen molar-refractivity contribution in [2.24, 2.45) is 0 Å². The van der Waals surface area contributed by atoms with Crippen LogP contribution in [0.1, 0.15) is 44.3 Å². The topological polar surface area (TPSA) is 90.7 Å². The Morgan fingerprint density at radius 2 is 1.92 bits per heavy atom. The summed E-state index contributed by atoms with van der Waals surface area (Å²) >= 11 is 0. The highest BCUT2D eigenvalue weighted by molar-refractivity contribution is 5.89. The molecule has 1 aliphatic carbocycles. The second-order valence-corrected chi connectivity index (χ2v) is 7.23. The molecule has 0 bridgehead atoms. The summed E-state index contributed by atoms with van der Waals surface area (Å²) in [7, 11) is 0. The molecule has 1 saturated carbocycles. The molecule has 0 atom stereocenters. The van der Waals surface area contributed by atoms with E-state index in [9.17, 15) is 9.59 Å². The summed E-state index contributed by atoms with van der Waals surface area (Å²) in [6.45, 7) is 5.49.